The Kier molecular flexibility index (Phi) is 11.6. The average molecular weight is 438 g/mol. The van der Waals surface area contributed by atoms with Crippen molar-refractivity contribution in [1.29, 1.82) is 0 Å². The van der Waals surface area contributed by atoms with E-state index >= 15 is 0 Å². The normalized spacial score (nSPS) is 27.9. The number of carbonyl (C=O) groups is 3. The smallest absolute Gasteiger partial charge is 0.245 e. The summed E-state index contributed by atoms with van der Waals surface area (Å²) in [5, 5.41) is 43.8. The number of aliphatic hydroxyl groups is 4. The molecule has 0 aliphatic carbocycles. The molecular weight excluding hydrogens is 408 g/mol. The molecule has 1 rings (SSSR count). The Balaban J connectivity index is 2.50. The van der Waals surface area contributed by atoms with E-state index in [1.54, 1.807) is 0 Å². The first-order chi connectivity index (χ1) is 13.7. The van der Waals surface area contributed by atoms with E-state index in [-0.39, 0.29) is 18.3 Å². The monoisotopic (exact) mass is 438 g/mol. The Labute approximate surface area is 174 Å². The first-order valence-corrected chi connectivity index (χ1v) is 9.77. The fourth-order valence-corrected chi connectivity index (χ4v) is 2.94. The van der Waals surface area contributed by atoms with Gasteiger partial charge in [-0.05, 0) is 12.8 Å². The van der Waals surface area contributed by atoms with Crippen LogP contribution in [0, 0.1) is 0 Å². The lowest BCUT2D eigenvalue weighted by atomic mass is 9.95. The molecule has 0 bridgehead atoms. The third-order valence-corrected chi connectivity index (χ3v) is 4.60. The van der Waals surface area contributed by atoms with Crippen LogP contribution >= 0.6 is 12.6 Å². The van der Waals surface area contributed by atoms with Gasteiger partial charge in [-0.3, -0.25) is 14.4 Å². The minimum absolute atomic E-state index is 0.0601. The number of amides is 2. The third kappa shape index (κ3) is 8.95. The second kappa shape index (κ2) is 13.1. The van der Waals surface area contributed by atoms with Crippen LogP contribution in [0.15, 0.2) is 0 Å². The quantitative estimate of drug-likeness (QED) is 0.124. The predicted molar refractivity (Wildman–Crippen MR) is 103 cm³/mol. The van der Waals surface area contributed by atoms with E-state index in [0.717, 1.165) is 0 Å². The van der Waals surface area contributed by atoms with E-state index in [1.807, 2.05) is 0 Å². The number of carbonyl (C=O) groups excluding carboxylic acids is 3. The molecule has 168 valence electrons. The van der Waals surface area contributed by atoms with E-state index in [2.05, 4.69) is 23.3 Å². The summed E-state index contributed by atoms with van der Waals surface area (Å²) in [5.74, 6) is -1.19. The fraction of sp³-hybridized carbons (Fsp3) is 0.824. The maximum Gasteiger partial charge on any atom is 0.245 e. The highest BCUT2D eigenvalue weighted by atomic mass is 32.1. The maximum absolute atomic E-state index is 12.0. The van der Waals surface area contributed by atoms with Crippen molar-refractivity contribution >= 4 is 29.6 Å². The largest absolute Gasteiger partial charge is 0.394 e. The molecule has 0 aromatic carbocycles. The molecule has 6 unspecified atom stereocenters. The van der Waals surface area contributed by atoms with Crippen molar-refractivity contribution in [3.8, 4) is 0 Å². The molecule has 6 N–H and O–H groups in total. The van der Waals surface area contributed by atoms with Crippen LogP contribution < -0.4 is 10.6 Å². The highest BCUT2D eigenvalue weighted by Gasteiger charge is 2.43. The summed E-state index contributed by atoms with van der Waals surface area (Å²) in [6.07, 6.45) is -4.80. The molecule has 0 radical (unpaired) electrons. The van der Waals surface area contributed by atoms with E-state index < -0.39 is 55.0 Å². The van der Waals surface area contributed by atoms with Gasteiger partial charge in [-0.25, -0.2) is 0 Å². The standard InChI is InChI=1S/C17H30N2O9S/c1-9(21)19-10(7-20)17(26)18-6-11-14(23)16(25)15(24)12(28-11)8-27-5-3-2-4-13(22)29/h10-12,14-16,20,23-25H,2-8H2,1H3,(H,18,26)(H,19,21)(H,22,29). The van der Waals surface area contributed by atoms with Gasteiger partial charge in [-0.2, -0.15) is 0 Å². The summed E-state index contributed by atoms with van der Waals surface area (Å²) in [6.45, 7) is 0.608. The molecule has 0 saturated carbocycles. The summed E-state index contributed by atoms with van der Waals surface area (Å²) >= 11 is 3.67. The lowest BCUT2D eigenvalue weighted by Crippen LogP contribution is -2.61. The van der Waals surface area contributed by atoms with Gasteiger partial charge in [0.25, 0.3) is 0 Å². The minimum Gasteiger partial charge on any atom is -0.394 e. The van der Waals surface area contributed by atoms with Crippen LogP contribution in [-0.2, 0) is 23.9 Å². The number of aliphatic hydroxyl groups excluding tert-OH is 4. The first kappa shape index (κ1) is 25.8. The Bertz CT molecular complexity index is 551. The Hall–Kier alpha value is -1.28. The molecule has 6 atom stereocenters. The number of ether oxygens (including phenoxy) is 2. The molecule has 12 heteroatoms. The lowest BCUT2D eigenvalue weighted by molar-refractivity contribution is -0.231. The SMILES string of the molecule is CC(=O)NC(CO)C(=O)NCC1OC(COCCCCC(=O)S)C(O)C(O)C1O. The molecule has 0 aromatic rings. The molecular formula is C17H30N2O9S. The number of rotatable bonds is 12. The number of nitrogens with one attached hydrogen (secondary N) is 2. The second-order valence-electron chi connectivity index (χ2n) is 6.79. The van der Waals surface area contributed by atoms with Crippen LogP contribution in [0.2, 0.25) is 0 Å². The number of unbranched alkanes of at least 4 members (excludes halogenated alkanes) is 1. The van der Waals surface area contributed by atoms with E-state index in [1.165, 1.54) is 6.92 Å². The number of hydrogen-bond acceptors (Lipinski definition) is 9. The molecule has 2 amide bonds. The maximum atomic E-state index is 12.0. The summed E-state index contributed by atoms with van der Waals surface area (Å²) in [5.41, 5.74) is 0. The Morgan fingerprint density at radius 1 is 1.10 bits per heavy atom. The van der Waals surface area contributed by atoms with Crippen molar-refractivity contribution in [2.45, 2.75) is 62.7 Å². The van der Waals surface area contributed by atoms with Crippen molar-refractivity contribution < 1.29 is 44.3 Å². The van der Waals surface area contributed by atoms with E-state index in [4.69, 9.17) is 9.47 Å². The zero-order valence-corrected chi connectivity index (χ0v) is 17.1. The molecule has 1 saturated heterocycles. The molecule has 1 aliphatic rings. The van der Waals surface area contributed by atoms with Gasteiger partial charge >= 0.3 is 0 Å². The van der Waals surface area contributed by atoms with Gasteiger partial charge in [-0.1, -0.05) is 0 Å². The van der Waals surface area contributed by atoms with E-state index in [0.29, 0.717) is 25.9 Å². The van der Waals surface area contributed by atoms with Crippen molar-refractivity contribution in [2.75, 3.05) is 26.4 Å². The van der Waals surface area contributed by atoms with Crippen LogP contribution in [0.1, 0.15) is 26.2 Å². The van der Waals surface area contributed by atoms with Gasteiger partial charge in [0.05, 0.1) is 13.2 Å². The van der Waals surface area contributed by atoms with Gasteiger partial charge in [-0.15, -0.1) is 12.6 Å². The average Bonchev–Trinajstić information content (AvgIpc) is 2.66. The summed E-state index contributed by atoms with van der Waals surface area (Å²) < 4.78 is 11.0. The highest BCUT2D eigenvalue weighted by Crippen LogP contribution is 2.21. The van der Waals surface area contributed by atoms with Gasteiger partial charge in [0.2, 0.25) is 11.8 Å². The lowest BCUT2D eigenvalue weighted by Gasteiger charge is -2.40. The third-order valence-electron chi connectivity index (χ3n) is 4.38. The van der Waals surface area contributed by atoms with Crippen LogP contribution in [0.4, 0.5) is 0 Å². The predicted octanol–water partition coefficient (Wildman–Crippen LogP) is -2.91. The van der Waals surface area contributed by atoms with Crippen LogP contribution in [-0.4, -0.2) is 100 Å². The van der Waals surface area contributed by atoms with Crippen LogP contribution in [0.25, 0.3) is 0 Å². The molecule has 0 spiro atoms. The van der Waals surface area contributed by atoms with Crippen LogP contribution in [0.3, 0.4) is 0 Å². The topological polar surface area (TPSA) is 175 Å². The van der Waals surface area contributed by atoms with Gasteiger partial charge in [0.15, 0.2) is 5.12 Å². The van der Waals surface area contributed by atoms with Crippen molar-refractivity contribution in [3.63, 3.8) is 0 Å². The highest BCUT2D eigenvalue weighted by molar-refractivity contribution is 7.96. The van der Waals surface area contributed by atoms with Gasteiger partial charge in [0.1, 0.15) is 36.6 Å². The second-order valence-corrected chi connectivity index (χ2v) is 7.29. The van der Waals surface area contributed by atoms with Gasteiger partial charge < -0.3 is 40.5 Å². The molecule has 0 aromatic heterocycles. The zero-order chi connectivity index (χ0) is 22.0. The van der Waals surface area contributed by atoms with Gasteiger partial charge in [0, 0.05) is 26.5 Å². The van der Waals surface area contributed by atoms with Crippen molar-refractivity contribution in [2.24, 2.45) is 0 Å². The molecule has 1 fully saturated rings. The molecule has 1 aliphatic heterocycles. The molecule has 29 heavy (non-hydrogen) atoms. The Morgan fingerprint density at radius 2 is 1.76 bits per heavy atom. The zero-order valence-electron chi connectivity index (χ0n) is 16.2. The first-order valence-electron chi connectivity index (χ1n) is 9.32. The van der Waals surface area contributed by atoms with Crippen molar-refractivity contribution in [3.05, 3.63) is 0 Å². The van der Waals surface area contributed by atoms with Crippen LogP contribution in [0.5, 0.6) is 0 Å². The molecule has 1 heterocycles. The summed E-state index contributed by atoms with van der Waals surface area (Å²) in [6, 6.07) is -1.16. The number of hydrogen-bond donors (Lipinski definition) is 7. The number of thiol groups is 1. The fourth-order valence-electron chi connectivity index (χ4n) is 2.78. The van der Waals surface area contributed by atoms with Crippen molar-refractivity contribution in [1.82, 2.24) is 10.6 Å². The minimum atomic E-state index is -1.51. The summed E-state index contributed by atoms with van der Waals surface area (Å²) in [7, 11) is 0. The Morgan fingerprint density at radius 3 is 2.34 bits per heavy atom. The summed E-state index contributed by atoms with van der Waals surface area (Å²) in [4.78, 5) is 33.8. The van der Waals surface area contributed by atoms with E-state index in [9.17, 15) is 34.8 Å². The molecule has 11 nitrogen and oxygen atoms in total.